The van der Waals surface area contributed by atoms with Gasteiger partial charge in [0.1, 0.15) is 5.60 Å². The van der Waals surface area contributed by atoms with Gasteiger partial charge in [-0.15, -0.1) is 0 Å². The fourth-order valence-corrected chi connectivity index (χ4v) is 3.22. The summed E-state index contributed by atoms with van der Waals surface area (Å²) in [5.74, 6) is 0. The van der Waals surface area contributed by atoms with E-state index in [1.54, 1.807) is 25.3 Å². The van der Waals surface area contributed by atoms with Crippen molar-refractivity contribution in [2.75, 3.05) is 26.8 Å². The second-order valence-electron chi connectivity index (χ2n) is 6.42. The predicted molar refractivity (Wildman–Crippen MR) is 128 cm³/mol. The Balaban J connectivity index is 7.10. The van der Waals surface area contributed by atoms with Crippen LogP contribution in [0.1, 0.15) is 13.8 Å². The van der Waals surface area contributed by atoms with Crippen LogP contribution in [0, 0.1) is 0 Å². The Morgan fingerprint density at radius 2 is 1.87 bits per heavy atom. The molecule has 0 amide bonds. The summed E-state index contributed by atoms with van der Waals surface area (Å²) < 4.78 is 5.27. The Morgan fingerprint density at radius 3 is 2.35 bits per heavy atom. The number of hydrogen-bond acceptors (Lipinski definition) is 7. The van der Waals surface area contributed by atoms with Crippen LogP contribution in [0.2, 0.25) is 0 Å². The number of hydrogen-bond donors (Lipinski definition) is 3. The van der Waals surface area contributed by atoms with E-state index in [9.17, 15) is 10.3 Å². The molecule has 0 saturated heterocycles. The van der Waals surface area contributed by atoms with Crippen LogP contribution in [0.3, 0.4) is 0 Å². The first-order valence-corrected chi connectivity index (χ1v) is 9.87. The number of allylic oxidation sites excluding steroid dienone is 6. The SMILES string of the molecule is C=C/C=C\C(=C/C)C(N(CC)CCOC)C(O)(C(=C)/C=C\C=N\O)C(/C=N/O)=C/C=C. The van der Waals surface area contributed by atoms with Crippen LogP contribution in [0.15, 0.2) is 95.4 Å². The minimum atomic E-state index is -1.74. The fraction of sp³-hybridized carbons (Fsp3) is 0.333. The molecule has 0 aromatic rings. The highest BCUT2D eigenvalue weighted by Gasteiger charge is 2.45. The van der Waals surface area contributed by atoms with Gasteiger partial charge in [0, 0.05) is 19.2 Å². The zero-order valence-electron chi connectivity index (χ0n) is 18.7. The van der Waals surface area contributed by atoms with E-state index in [0.29, 0.717) is 19.7 Å². The summed E-state index contributed by atoms with van der Waals surface area (Å²) in [7, 11) is 1.61. The van der Waals surface area contributed by atoms with Crippen molar-refractivity contribution < 1.29 is 20.3 Å². The number of aliphatic hydroxyl groups is 1. The van der Waals surface area contributed by atoms with Crippen LogP contribution in [0.25, 0.3) is 0 Å². The molecule has 0 aromatic heterocycles. The summed E-state index contributed by atoms with van der Waals surface area (Å²) in [6.07, 6.45) is 15.5. The predicted octanol–water partition coefficient (Wildman–Crippen LogP) is 3.89. The molecule has 2 atom stereocenters. The number of nitrogens with zero attached hydrogens (tertiary/aromatic N) is 3. The van der Waals surface area contributed by atoms with Crippen molar-refractivity contribution in [3.63, 3.8) is 0 Å². The van der Waals surface area contributed by atoms with E-state index in [4.69, 9.17) is 9.94 Å². The van der Waals surface area contributed by atoms with E-state index in [2.05, 4.69) is 30.0 Å². The maximum atomic E-state index is 12.2. The number of rotatable bonds is 15. The Bertz CT molecular complexity index is 763. The summed E-state index contributed by atoms with van der Waals surface area (Å²) in [5, 5.41) is 36.3. The lowest BCUT2D eigenvalue weighted by Gasteiger charge is -2.44. The van der Waals surface area contributed by atoms with Crippen LogP contribution in [0.4, 0.5) is 0 Å². The van der Waals surface area contributed by atoms with Crippen LogP contribution in [-0.2, 0) is 4.74 Å². The van der Waals surface area contributed by atoms with Crippen LogP contribution >= 0.6 is 0 Å². The average molecular weight is 430 g/mol. The van der Waals surface area contributed by atoms with Crippen molar-refractivity contribution in [3.05, 3.63) is 85.1 Å². The van der Waals surface area contributed by atoms with Gasteiger partial charge in [0.15, 0.2) is 0 Å². The van der Waals surface area contributed by atoms with Gasteiger partial charge in [-0.1, -0.05) is 79.5 Å². The molecule has 0 aliphatic heterocycles. The van der Waals surface area contributed by atoms with E-state index in [-0.39, 0.29) is 11.1 Å². The Morgan fingerprint density at radius 1 is 1.16 bits per heavy atom. The van der Waals surface area contributed by atoms with E-state index >= 15 is 0 Å². The molecule has 0 radical (unpaired) electrons. The van der Waals surface area contributed by atoms with Crippen LogP contribution in [0.5, 0.6) is 0 Å². The molecule has 0 rings (SSSR count). The van der Waals surface area contributed by atoms with Crippen molar-refractivity contribution in [3.8, 4) is 0 Å². The first-order chi connectivity index (χ1) is 14.9. The number of ether oxygens (including phenoxy) is 1. The summed E-state index contributed by atoms with van der Waals surface area (Å²) >= 11 is 0. The quantitative estimate of drug-likeness (QED) is 0.159. The first kappa shape index (κ1) is 28.0. The van der Waals surface area contributed by atoms with Gasteiger partial charge in [-0.2, -0.15) is 0 Å². The topological polar surface area (TPSA) is 97.9 Å². The van der Waals surface area contributed by atoms with Crippen molar-refractivity contribution in [1.82, 2.24) is 4.90 Å². The van der Waals surface area contributed by atoms with E-state index in [1.807, 2.05) is 30.9 Å². The standard InChI is InChI=1S/C24H35N3O4/c1-7-11-15-21(9-3)23(27(10-4)17-18-31-6)24(28,20(5)14-12-16-25-29)22(13-8-2)19-26-30/h7-9,11-16,19,23,28-30H,1-2,5,10,17-18H2,3-4,6H3/b14-12-,15-11-,21-9+,22-13+,25-16+,26-19+. The maximum Gasteiger partial charge on any atom is 0.135 e. The van der Waals surface area contributed by atoms with Gasteiger partial charge in [0.2, 0.25) is 0 Å². The maximum absolute atomic E-state index is 12.2. The second kappa shape index (κ2) is 15.8. The molecule has 0 spiro atoms. The minimum absolute atomic E-state index is 0.271. The monoisotopic (exact) mass is 429 g/mol. The molecule has 0 bridgehead atoms. The zero-order chi connectivity index (χ0) is 23.7. The van der Waals surface area contributed by atoms with Gasteiger partial charge in [-0.25, -0.2) is 0 Å². The molecule has 2 unspecified atom stereocenters. The Hall–Kier alpha value is -3.00. The molecule has 3 N–H and O–H groups in total. The molecule has 170 valence electrons. The van der Waals surface area contributed by atoms with Gasteiger partial charge >= 0.3 is 0 Å². The Kier molecular flexibility index (Phi) is 14.3. The van der Waals surface area contributed by atoms with E-state index in [0.717, 1.165) is 18.0 Å². The average Bonchev–Trinajstić information content (AvgIpc) is 2.77. The normalized spacial score (nSPS) is 16.5. The molecule has 0 aromatic carbocycles. The molecular formula is C24H35N3O4. The highest BCUT2D eigenvalue weighted by atomic mass is 16.5. The van der Waals surface area contributed by atoms with Gasteiger partial charge in [0.25, 0.3) is 0 Å². The summed E-state index contributed by atoms with van der Waals surface area (Å²) in [5.41, 5.74) is -0.399. The van der Waals surface area contributed by atoms with Crippen LogP contribution in [-0.4, -0.2) is 71.3 Å². The first-order valence-electron chi connectivity index (χ1n) is 9.87. The molecule has 7 nitrogen and oxygen atoms in total. The third-order valence-corrected chi connectivity index (χ3v) is 4.70. The number of oxime groups is 2. The number of methoxy groups -OCH3 is 1. The molecule has 0 saturated carbocycles. The van der Waals surface area contributed by atoms with E-state index < -0.39 is 11.6 Å². The molecule has 0 aliphatic rings. The minimum Gasteiger partial charge on any atom is -0.411 e. The molecule has 0 aliphatic carbocycles. The smallest absolute Gasteiger partial charge is 0.135 e. The highest BCUT2D eigenvalue weighted by Crippen LogP contribution is 2.36. The van der Waals surface area contributed by atoms with Crippen molar-refractivity contribution in [2.24, 2.45) is 10.3 Å². The van der Waals surface area contributed by atoms with Gasteiger partial charge < -0.3 is 20.3 Å². The zero-order valence-corrected chi connectivity index (χ0v) is 18.7. The van der Waals surface area contributed by atoms with Gasteiger partial charge in [-0.3, -0.25) is 4.90 Å². The fourth-order valence-electron chi connectivity index (χ4n) is 3.22. The molecule has 31 heavy (non-hydrogen) atoms. The third-order valence-electron chi connectivity index (χ3n) is 4.70. The Labute approximate surface area is 185 Å². The van der Waals surface area contributed by atoms with Crippen LogP contribution < -0.4 is 0 Å². The van der Waals surface area contributed by atoms with E-state index in [1.165, 1.54) is 18.2 Å². The summed E-state index contributed by atoms with van der Waals surface area (Å²) in [4.78, 5) is 2.04. The van der Waals surface area contributed by atoms with Crippen molar-refractivity contribution >= 4 is 12.4 Å². The third kappa shape index (κ3) is 7.97. The lowest BCUT2D eigenvalue weighted by Crippen LogP contribution is -2.56. The summed E-state index contributed by atoms with van der Waals surface area (Å²) in [6, 6.07) is -0.638. The molecular weight excluding hydrogens is 394 g/mol. The molecule has 7 heteroatoms. The lowest BCUT2D eigenvalue weighted by atomic mass is 9.75. The van der Waals surface area contributed by atoms with Gasteiger partial charge in [0.05, 0.1) is 25.1 Å². The van der Waals surface area contributed by atoms with Crippen molar-refractivity contribution in [1.29, 1.82) is 0 Å². The number of likely N-dealkylation sites (N-methyl/N-ethyl adjacent to an activating group) is 1. The lowest BCUT2D eigenvalue weighted by molar-refractivity contribution is 0.0242. The molecule has 0 fully saturated rings. The highest BCUT2D eigenvalue weighted by molar-refractivity contribution is 5.84. The van der Waals surface area contributed by atoms with Gasteiger partial charge in [-0.05, 0) is 30.7 Å². The second-order valence-corrected chi connectivity index (χ2v) is 6.42. The summed E-state index contributed by atoms with van der Waals surface area (Å²) in [6.45, 7) is 16.9. The largest absolute Gasteiger partial charge is 0.411 e. The molecule has 0 heterocycles. The van der Waals surface area contributed by atoms with Crippen molar-refractivity contribution in [2.45, 2.75) is 25.5 Å².